The van der Waals surface area contributed by atoms with E-state index in [1.807, 2.05) is 36.0 Å². The molecule has 3 heterocycles. The third kappa shape index (κ3) is 2.94. The van der Waals surface area contributed by atoms with Gasteiger partial charge in [0.2, 0.25) is 0 Å². The molecule has 28 heavy (non-hydrogen) atoms. The molecule has 7 heteroatoms. The van der Waals surface area contributed by atoms with Gasteiger partial charge in [-0.3, -0.25) is 4.79 Å². The Morgan fingerprint density at radius 3 is 2.64 bits per heavy atom. The third-order valence-electron chi connectivity index (χ3n) is 4.71. The van der Waals surface area contributed by atoms with Gasteiger partial charge in [0.15, 0.2) is 0 Å². The molecule has 3 aromatic rings. The first-order valence-corrected chi connectivity index (χ1v) is 9.32. The molecule has 0 N–H and O–H groups in total. The first-order chi connectivity index (χ1) is 13.2. The number of fused-ring (bicyclic) bond motifs is 2. The Morgan fingerprint density at radius 1 is 1.18 bits per heavy atom. The fraction of sp³-hybridized carbons (Fsp3) is 0.286. The molecule has 0 spiro atoms. The maximum atomic E-state index is 12.9. The molecule has 0 unspecified atom stereocenters. The number of pyridine rings is 1. The predicted octanol–water partition coefficient (Wildman–Crippen LogP) is 4.78. The van der Waals surface area contributed by atoms with Crippen LogP contribution in [-0.4, -0.2) is 32.1 Å². The van der Waals surface area contributed by atoms with Gasteiger partial charge in [-0.15, -0.1) is 0 Å². The average molecular weight is 398 g/mol. The molecule has 4 rings (SSSR count). The molecule has 2 amide bonds. The van der Waals surface area contributed by atoms with Gasteiger partial charge in [-0.2, -0.15) is 0 Å². The van der Waals surface area contributed by atoms with Crippen LogP contribution in [0.5, 0.6) is 0 Å². The molecular weight excluding hydrogens is 378 g/mol. The lowest BCUT2D eigenvalue weighted by Gasteiger charge is -2.23. The number of imide groups is 1. The predicted molar refractivity (Wildman–Crippen MR) is 107 cm³/mol. The van der Waals surface area contributed by atoms with Crippen molar-refractivity contribution in [2.45, 2.75) is 32.9 Å². The maximum absolute atomic E-state index is 12.9. The number of rotatable bonds is 1. The largest absolute Gasteiger partial charge is 0.443 e. The summed E-state index contributed by atoms with van der Waals surface area (Å²) in [5.41, 5.74) is 3.02. The molecule has 1 aliphatic rings. The van der Waals surface area contributed by atoms with E-state index in [0.29, 0.717) is 10.6 Å². The minimum absolute atomic E-state index is 0.121. The monoisotopic (exact) mass is 397 g/mol. The van der Waals surface area contributed by atoms with Gasteiger partial charge in [0.05, 0.1) is 17.1 Å². The number of hydrogen-bond donors (Lipinski definition) is 0. The summed E-state index contributed by atoms with van der Waals surface area (Å²) in [6.45, 7) is 5.41. The molecule has 0 saturated carbocycles. The van der Waals surface area contributed by atoms with Crippen LogP contribution in [0.2, 0.25) is 5.02 Å². The van der Waals surface area contributed by atoms with Crippen molar-refractivity contribution in [3.05, 3.63) is 52.8 Å². The summed E-state index contributed by atoms with van der Waals surface area (Å²) in [6, 6.07) is 7.48. The molecule has 0 radical (unpaired) electrons. The minimum atomic E-state index is -0.694. The zero-order chi connectivity index (χ0) is 20.2. The van der Waals surface area contributed by atoms with Crippen molar-refractivity contribution >= 4 is 34.6 Å². The number of carbonyl (C=O) groups excluding carboxylic acids is 2. The lowest BCUT2D eigenvalue weighted by atomic mass is 9.96. The number of benzene rings is 1. The van der Waals surface area contributed by atoms with Crippen molar-refractivity contribution in [2.24, 2.45) is 7.05 Å². The highest BCUT2D eigenvalue weighted by molar-refractivity contribution is 6.35. The highest BCUT2D eigenvalue weighted by Gasteiger charge is 2.38. The number of nitrogens with zero attached hydrogens (tertiary/aromatic N) is 3. The Labute approximate surface area is 167 Å². The van der Waals surface area contributed by atoms with Crippen LogP contribution in [0.4, 0.5) is 4.79 Å². The summed E-state index contributed by atoms with van der Waals surface area (Å²) in [5.74, 6) is -0.436. The lowest BCUT2D eigenvalue weighted by molar-refractivity contribution is 0.0248. The summed E-state index contributed by atoms with van der Waals surface area (Å²) < 4.78 is 7.33. The van der Waals surface area contributed by atoms with E-state index in [4.69, 9.17) is 16.3 Å². The molecule has 1 aliphatic heterocycles. The number of aromatic nitrogens is 2. The van der Waals surface area contributed by atoms with E-state index in [9.17, 15) is 9.59 Å². The van der Waals surface area contributed by atoms with E-state index in [2.05, 4.69) is 4.98 Å². The van der Waals surface area contributed by atoms with Gasteiger partial charge >= 0.3 is 6.09 Å². The fourth-order valence-corrected chi connectivity index (χ4v) is 3.75. The van der Waals surface area contributed by atoms with Gasteiger partial charge in [-0.25, -0.2) is 14.7 Å². The van der Waals surface area contributed by atoms with Crippen molar-refractivity contribution in [1.29, 1.82) is 0 Å². The van der Waals surface area contributed by atoms with Gasteiger partial charge in [0.1, 0.15) is 11.2 Å². The molecule has 0 saturated heterocycles. The van der Waals surface area contributed by atoms with Crippen LogP contribution in [0.15, 0.2) is 36.7 Å². The number of halogens is 1. The molecule has 0 bridgehead atoms. The van der Waals surface area contributed by atoms with E-state index in [-0.39, 0.29) is 6.54 Å². The first-order valence-electron chi connectivity index (χ1n) is 8.94. The van der Waals surface area contributed by atoms with Crippen molar-refractivity contribution in [3.8, 4) is 11.1 Å². The van der Waals surface area contributed by atoms with Gasteiger partial charge in [-0.1, -0.05) is 17.7 Å². The highest BCUT2D eigenvalue weighted by atomic mass is 35.5. The molecule has 144 valence electrons. The molecule has 2 aromatic heterocycles. The van der Waals surface area contributed by atoms with Gasteiger partial charge in [0.25, 0.3) is 5.91 Å². The van der Waals surface area contributed by atoms with Crippen LogP contribution in [0.25, 0.3) is 22.2 Å². The van der Waals surface area contributed by atoms with E-state index >= 15 is 0 Å². The zero-order valence-electron chi connectivity index (χ0n) is 16.1. The van der Waals surface area contributed by atoms with Crippen LogP contribution in [0, 0.1) is 0 Å². The molecule has 0 fully saturated rings. The lowest BCUT2D eigenvalue weighted by Crippen LogP contribution is -2.36. The number of carbonyl (C=O) groups is 2. The molecule has 1 aromatic carbocycles. The maximum Gasteiger partial charge on any atom is 0.417 e. The first kappa shape index (κ1) is 18.5. The Hall–Kier alpha value is -2.86. The fourth-order valence-electron chi connectivity index (χ4n) is 3.50. The molecule has 6 nitrogen and oxygen atoms in total. The second-order valence-electron chi connectivity index (χ2n) is 7.84. The van der Waals surface area contributed by atoms with Gasteiger partial charge < -0.3 is 9.30 Å². The van der Waals surface area contributed by atoms with E-state index in [0.717, 1.165) is 32.6 Å². The second kappa shape index (κ2) is 6.34. The normalized spacial score (nSPS) is 13.9. The molecular formula is C21H20ClN3O3. The van der Waals surface area contributed by atoms with Crippen LogP contribution in [-0.2, 0) is 18.3 Å². The summed E-state index contributed by atoms with van der Waals surface area (Å²) in [4.78, 5) is 31.0. The van der Waals surface area contributed by atoms with Gasteiger partial charge in [-0.05, 0) is 55.7 Å². The Bertz CT molecular complexity index is 1130. The van der Waals surface area contributed by atoms with Crippen molar-refractivity contribution in [3.63, 3.8) is 0 Å². The topological polar surface area (TPSA) is 64.4 Å². The smallest absolute Gasteiger partial charge is 0.417 e. The number of aryl methyl sites for hydroxylation is 1. The Balaban J connectivity index is 1.83. The summed E-state index contributed by atoms with van der Waals surface area (Å²) >= 11 is 6.33. The second-order valence-corrected chi connectivity index (χ2v) is 8.25. The molecule has 0 aliphatic carbocycles. The van der Waals surface area contributed by atoms with E-state index in [1.165, 1.54) is 0 Å². The van der Waals surface area contributed by atoms with Crippen LogP contribution in [0.1, 0.15) is 36.7 Å². The van der Waals surface area contributed by atoms with Crippen molar-refractivity contribution in [2.75, 3.05) is 0 Å². The molecule has 0 atom stereocenters. The minimum Gasteiger partial charge on any atom is -0.443 e. The summed E-state index contributed by atoms with van der Waals surface area (Å²) in [5, 5.41) is 1.30. The van der Waals surface area contributed by atoms with Gasteiger partial charge in [0, 0.05) is 24.8 Å². The number of ether oxygens (including phenoxy) is 1. The van der Waals surface area contributed by atoms with Crippen LogP contribution >= 0.6 is 11.6 Å². The van der Waals surface area contributed by atoms with E-state index < -0.39 is 17.6 Å². The number of amides is 2. The average Bonchev–Trinajstić information content (AvgIpc) is 3.16. The Kier molecular flexibility index (Phi) is 4.19. The quantitative estimate of drug-likeness (QED) is 0.592. The van der Waals surface area contributed by atoms with Crippen LogP contribution in [0.3, 0.4) is 0 Å². The number of hydrogen-bond acceptors (Lipinski definition) is 4. The highest BCUT2D eigenvalue weighted by Crippen LogP contribution is 2.39. The van der Waals surface area contributed by atoms with Crippen molar-refractivity contribution < 1.29 is 14.3 Å². The standard InChI is InChI=1S/C21H20ClN3O3/c1-21(2,3)28-20(27)25-11-15-12(5-6-16(22)17(15)19(25)26)13-7-9-23-18-14(13)8-10-24(18)4/h5-10H,11H2,1-4H3. The summed E-state index contributed by atoms with van der Waals surface area (Å²) in [6.07, 6.45) is 3.01. The van der Waals surface area contributed by atoms with Crippen molar-refractivity contribution in [1.82, 2.24) is 14.5 Å². The third-order valence-corrected chi connectivity index (χ3v) is 5.02. The SMILES string of the molecule is Cn1ccc2c(-c3ccc(Cl)c4c3CN(C(=O)OC(C)(C)C)C4=O)ccnc21. The van der Waals surface area contributed by atoms with Crippen LogP contribution < -0.4 is 0 Å². The van der Waals surface area contributed by atoms with E-state index in [1.54, 1.807) is 33.0 Å². The Morgan fingerprint density at radius 2 is 1.93 bits per heavy atom. The zero-order valence-corrected chi connectivity index (χ0v) is 16.9. The summed E-state index contributed by atoms with van der Waals surface area (Å²) in [7, 11) is 1.93.